The van der Waals surface area contributed by atoms with E-state index < -0.39 is 0 Å². The van der Waals surface area contributed by atoms with Crippen molar-refractivity contribution in [2.45, 2.75) is 32.9 Å². The Labute approximate surface area is 119 Å². The number of likely N-dealkylation sites (N-methyl/N-ethyl adjacent to an activating group) is 1. The minimum atomic E-state index is 0.181. The number of aryl methyl sites for hydroxylation is 2. The van der Waals surface area contributed by atoms with Crippen LogP contribution in [0.3, 0.4) is 0 Å². The number of nitrogens with one attached hydrogen (secondary N) is 1. The molecule has 1 unspecified atom stereocenters. The van der Waals surface area contributed by atoms with Gasteiger partial charge in [-0.15, -0.1) is 0 Å². The zero-order chi connectivity index (χ0) is 13.8. The van der Waals surface area contributed by atoms with E-state index in [1.807, 2.05) is 38.5 Å². The predicted molar refractivity (Wildman–Crippen MR) is 79.6 cm³/mol. The third-order valence-corrected chi connectivity index (χ3v) is 3.99. The summed E-state index contributed by atoms with van der Waals surface area (Å²) >= 11 is 6.41. The Morgan fingerprint density at radius 2 is 2.21 bits per heavy atom. The summed E-state index contributed by atoms with van der Waals surface area (Å²) in [5.41, 5.74) is 2.24. The summed E-state index contributed by atoms with van der Waals surface area (Å²) in [7, 11) is 1.96. The number of aromatic nitrogens is 2. The van der Waals surface area contributed by atoms with Gasteiger partial charge in [0, 0.05) is 36.4 Å². The zero-order valence-corrected chi connectivity index (χ0v) is 12.4. The summed E-state index contributed by atoms with van der Waals surface area (Å²) in [5, 5.41) is 4.18. The molecule has 0 saturated heterocycles. The SMILES string of the molecule is CCn1ccnc1CC(NC)c1cccc(C)c1Cl. The first-order valence-corrected chi connectivity index (χ1v) is 6.97. The van der Waals surface area contributed by atoms with Crippen LogP contribution in [0.25, 0.3) is 0 Å². The zero-order valence-electron chi connectivity index (χ0n) is 11.7. The molecule has 1 aromatic carbocycles. The topological polar surface area (TPSA) is 29.9 Å². The van der Waals surface area contributed by atoms with Gasteiger partial charge in [-0.3, -0.25) is 0 Å². The van der Waals surface area contributed by atoms with Crippen molar-refractivity contribution in [3.05, 3.63) is 52.6 Å². The Balaban J connectivity index is 2.28. The molecule has 0 radical (unpaired) electrons. The molecule has 102 valence electrons. The van der Waals surface area contributed by atoms with E-state index in [1.54, 1.807) is 0 Å². The molecule has 0 saturated carbocycles. The number of imidazole rings is 1. The number of nitrogens with zero attached hydrogens (tertiary/aromatic N) is 2. The van der Waals surface area contributed by atoms with Crippen molar-refractivity contribution in [3.63, 3.8) is 0 Å². The molecule has 0 fully saturated rings. The van der Waals surface area contributed by atoms with Crippen molar-refractivity contribution in [1.82, 2.24) is 14.9 Å². The first-order chi connectivity index (χ1) is 9.17. The Hall–Kier alpha value is -1.32. The fraction of sp³-hybridized carbons (Fsp3) is 0.400. The third kappa shape index (κ3) is 2.99. The summed E-state index contributed by atoms with van der Waals surface area (Å²) in [4.78, 5) is 4.43. The Morgan fingerprint density at radius 3 is 2.89 bits per heavy atom. The highest BCUT2D eigenvalue weighted by atomic mass is 35.5. The molecule has 0 amide bonds. The van der Waals surface area contributed by atoms with E-state index in [9.17, 15) is 0 Å². The standard InChI is InChI=1S/C15H20ClN3/c1-4-19-9-8-18-14(19)10-13(17-3)12-7-5-6-11(2)15(12)16/h5-9,13,17H,4,10H2,1-3H3. The van der Waals surface area contributed by atoms with Crippen LogP contribution in [0.5, 0.6) is 0 Å². The van der Waals surface area contributed by atoms with Crippen LogP contribution in [-0.4, -0.2) is 16.6 Å². The van der Waals surface area contributed by atoms with E-state index in [4.69, 9.17) is 11.6 Å². The first-order valence-electron chi connectivity index (χ1n) is 6.59. The maximum Gasteiger partial charge on any atom is 0.110 e. The second-order valence-corrected chi connectivity index (χ2v) is 5.03. The summed E-state index contributed by atoms with van der Waals surface area (Å²) in [6.45, 7) is 5.10. The molecular formula is C15H20ClN3. The van der Waals surface area contributed by atoms with Crippen molar-refractivity contribution in [2.75, 3.05) is 7.05 Å². The van der Waals surface area contributed by atoms with Crippen LogP contribution in [-0.2, 0) is 13.0 Å². The molecule has 0 aliphatic rings. The van der Waals surface area contributed by atoms with Gasteiger partial charge in [0.2, 0.25) is 0 Å². The van der Waals surface area contributed by atoms with Gasteiger partial charge >= 0.3 is 0 Å². The molecule has 3 nitrogen and oxygen atoms in total. The van der Waals surface area contributed by atoms with E-state index in [0.717, 1.165) is 34.9 Å². The molecule has 1 N–H and O–H groups in total. The summed E-state index contributed by atoms with van der Waals surface area (Å²) in [6.07, 6.45) is 4.70. The van der Waals surface area contributed by atoms with Gasteiger partial charge in [0.15, 0.2) is 0 Å². The van der Waals surface area contributed by atoms with Crippen molar-refractivity contribution in [2.24, 2.45) is 0 Å². The average molecular weight is 278 g/mol. The number of halogens is 1. The monoisotopic (exact) mass is 277 g/mol. The lowest BCUT2D eigenvalue weighted by atomic mass is 10.0. The number of hydrogen-bond donors (Lipinski definition) is 1. The van der Waals surface area contributed by atoms with Crippen LogP contribution in [0.4, 0.5) is 0 Å². The van der Waals surface area contributed by atoms with Gasteiger partial charge in [-0.2, -0.15) is 0 Å². The summed E-state index contributed by atoms with van der Waals surface area (Å²) in [6, 6.07) is 6.34. The second-order valence-electron chi connectivity index (χ2n) is 4.65. The van der Waals surface area contributed by atoms with Crippen molar-refractivity contribution >= 4 is 11.6 Å². The molecule has 1 aromatic heterocycles. The van der Waals surface area contributed by atoms with Crippen LogP contribution in [0.2, 0.25) is 5.02 Å². The number of rotatable bonds is 5. The highest BCUT2D eigenvalue weighted by Crippen LogP contribution is 2.27. The van der Waals surface area contributed by atoms with Gasteiger partial charge in [0.1, 0.15) is 5.82 Å². The highest BCUT2D eigenvalue weighted by Gasteiger charge is 2.16. The van der Waals surface area contributed by atoms with Crippen LogP contribution in [0.15, 0.2) is 30.6 Å². The quantitative estimate of drug-likeness (QED) is 0.908. The van der Waals surface area contributed by atoms with Crippen molar-refractivity contribution < 1.29 is 0 Å². The van der Waals surface area contributed by atoms with Gasteiger partial charge in [0.05, 0.1) is 0 Å². The van der Waals surface area contributed by atoms with Gasteiger partial charge in [0.25, 0.3) is 0 Å². The number of hydrogen-bond acceptors (Lipinski definition) is 2. The van der Waals surface area contributed by atoms with Crippen LogP contribution in [0.1, 0.15) is 29.9 Å². The van der Waals surface area contributed by atoms with E-state index in [0.29, 0.717) is 0 Å². The van der Waals surface area contributed by atoms with Crippen LogP contribution < -0.4 is 5.32 Å². The Kier molecular flexibility index (Phi) is 4.61. The van der Waals surface area contributed by atoms with Gasteiger partial charge < -0.3 is 9.88 Å². The molecule has 1 atom stereocenters. The molecule has 0 aliphatic heterocycles. The molecule has 2 aromatic rings. The van der Waals surface area contributed by atoms with Crippen molar-refractivity contribution in [3.8, 4) is 0 Å². The molecule has 4 heteroatoms. The lowest BCUT2D eigenvalue weighted by Crippen LogP contribution is -2.21. The molecule has 2 rings (SSSR count). The Bertz CT molecular complexity index is 548. The lowest BCUT2D eigenvalue weighted by molar-refractivity contribution is 0.553. The van der Waals surface area contributed by atoms with Gasteiger partial charge in [-0.25, -0.2) is 4.98 Å². The minimum absolute atomic E-state index is 0.181. The minimum Gasteiger partial charge on any atom is -0.335 e. The largest absolute Gasteiger partial charge is 0.335 e. The van der Waals surface area contributed by atoms with Crippen molar-refractivity contribution in [1.29, 1.82) is 0 Å². The van der Waals surface area contributed by atoms with Gasteiger partial charge in [-0.1, -0.05) is 29.8 Å². The van der Waals surface area contributed by atoms with Crippen LogP contribution >= 0.6 is 11.6 Å². The maximum absolute atomic E-state index is 6.41. The average Bonchev–Trinajstić information content (AvgIpc) is 2.87. The third-order valence-electron chi connectivity index (χ3n) is 3.47. The van der Waals surface area contributed by atoms with E-state index in [1.165, 1.54) is 0 Å². The number of benzene rings is 1. The van der Waals surface area contributed by atoms with Gasteiger partial charge in [-0.05, 0) is 32.0 Å². The molecule has 0 aliphatic carbocycles. The molecule has 0 bridgehead atoms. The summed E-state index contributed by atoms with van der Waals surface area (Å²) in [5.74, 6) is 1.08. The second kappa shape index (κ2) is 6.22. The van der Waals surface area contributed by atoms with E-state index >= 15 is 0 Å². The van der Waals surface area contributed by atoms with Crippen LogP contribution in [0, 0.1) is 6.92 Å². The smallest absolute Gasteiger partial charge is 0.110 e. The molecule has 1 heterocycles. The van der Waals surface area contributed by atoms with E-state index in [2.05, 4.69) is 27.9 Å². The maximum atomic E-state index is 6.41. The fourth-order valence-electron chi connectivity index (χ4n) is 2.31. The predicted octanol–water partition coefficient (Wildman–Crippen LogP) is 3.37. The summed E-state index contributed by atoms with van der Waals surface area (Å²) < 4.78 is 2.16. The normalized spacial score (nSPS) is 12.6. The first kappa shape index (κ1) is 14.1. The molecular weight excluding hydrogens is 258 g/mol. The molecule has 0 spiro atoms. The Morgan fingerprint density at radius 1 is 1.42 bits per heavy atom. The highest BCUT2D eigenvalue weighted by molar-refractivity contribution is 6.32. The lowest BCUT2D eigenvalue weighted by Gasteiger charge is -2.19. The van der Waals surface area contributed by atoms with E-state index in [-0.39, 0.29) is 6.04 Å². The fourth-order valence-corrected chi connectivity index (χ4v) is 2.56. The molecule has 19 heavy (non-hydrogen) atoms.